The van der Waals surface area contributed by atoms with E-state index in [4.69, 9.17) is 28.5 Å². The average Bonchev–Trinajstić information content (AvgIpc) is 3.27. The zero-order valence-electron chi connectivity index (χ0n) is 19.4. The van der Waals surface area contributed by atoms with Gasteiger partial charge in [0.25, 0.3) is 0 Å². The average molecular weight is 437 g/mol. The summed E-state index contributed by atoms with van der Waals surface area (Å²) in [4.78, 5) is 12.8. The number of carbonyl (C=O) groups is 1. The summed E-state index contributed by atoms with van der Waals surface area (Å²) in [6.07, 6.45) is 1.82. The van der Waals surface area contributed by atoms with Crippen LogP contribution in [0.2, 0.25) is 0 Å². The Kier molecular flexibility index (Phi) is 6.94. The lowest BCUT2D eigenvalue weighted by Crippen LogP contribution is -2.41. The number of nitriles is 1. The molecular formula is C24H28BNO6. The third-order valence-corrected chi connectivity index (χ3v) is 5.78. The second-order valence-electron chi connectivity index (χ2n) is 8.47. The van der Waals surface area contributed by atoms with E-state index in [0.29, 0.717) is 29.0 Å². The van der Waals surface area contributed by atoms with Crippen LogP contribution in [0.4, 0.5) is 0 Å². The van der Waals surface area contributed by atoms with Crippen LogP contribution in [0.15, 0.2) is 40.8 Å². The van der Waals surface area contributed by atoms with Gasteiger partial charge < -0.3 is 23.2 Å². The number of hydrogen-bond donors (Lipinski definition) is 0. The predicted octanol–water partition coefficient (Wildman–Crippen LogP) is 4.66. The molecule has 168 valence electrons. The molecule has 1 aromatic carbocycles. The quantitative estimate of drug-likeness (QED) is 0.460. The number of esters is 1. The van der Waals surface area contributed by atoms with Crippen LogP contribution in [0.3, 0.4) is 0 Å². The van der Waals surface area contributed by atoms with Crippen LogP contribution in [0.25, 0.3) is 16.8 Å². The lowest BCUT2D eigenvalue weighted by Gasteiger charge is -2.32. The van der Waals surface area contributed by atoms with E-state index in [2.05, 4.69) is 6.07 Å². The van der Waals surface area contributed by atoms with Crippen LogP contribution in [0.5, 0.6) is 0 Å². The van der Waals surface area contributed by atoms with Crippen LogP contribution < -0.4 is 0 Å². The highest BCUT2D eigenvalue weighted by atomic mass is 16.7. The van der Waals surface area contributed by atoms with Gasteiger partial charge in [-0.3, -0.25) is 0 Å². The molecule has 2 heterocycles. The van der Waals surface area contributed by atoms with E-state index in [1.807, 2.05) is 33.8 Å². The molecule has 0 unspecified atom stereocenters. The molecule has 32 heavy (non-hydrogen) atoms. The summed E-state index contributed by atoms with van der Waals surface area (Å²) in [7, 11) is 0.858. The molecule has 0 aliphatic carbocycles. The topological polar surface area (TPSA) is 90.9 Å². The number of carbonyl (C=O) groups excluding carboxylic acids is 1. The number of nitrogens with zero attached hydrogens (tertiary/aromatic N) is 1. The van der Waals surface area contributed by atoms with Gasteiger partial charge in [0, 0.05) is 18.2 Å². The molecule has 0 spiro atoms. The number of benzene rings is 1. The second kappa shape index (κ2) is 9.33. The van der Waals surface area contributed by atoms with Gasteiger partial charge in [0.15, 0.2) is 0 Å². The lowest BCUT2D eigenvalue weighted by molar-refractivity contribution is 0.00578. The molecule has 1 fully saturated rings. The third kappa shape index (κ3) is 4.65. The van der Waals surface area contributed by atoms with E-state index in [1.54, 1.807) is 44.4 Å². The van der Waals surface area contributed by atoms with Gasteiger partial charge in [0.1, 0.15) is 5.76 Å². The first-order chi connectivity index (χ1) is 15.1. The van der Waals surface area contributed by atoms with Crippen LogP contribution in [0, 0.1) is 11.3 Å². The van der Waals surface area contributed by atoms with Crippen LogP contribution in [-0.4, -0.2) is 44.6 Å². The SMILES string of the molecule is CCOC(=O)c1oc(-c2ccc(C#N)cc2)cc1/C(=C/COC)B1OC(C)(C)C(C)(C)O1. The Bertz CT molecular complexity index is 1030. The molecule has 0 amide bonds. The highest BCUT2D eigenvalue weighted by Crippen LogP contribution is 2.42. The van der Waals surface area contributed by atoms with Crippen molar-refractivity contribution in [2.24, 2.45) is 0 Å². The zero-order valence-corrected chi connectivity index (χ0v) is 19.4. The first-order valence-electron chi connectivity index (χ1n) is 10.5. The minimum atomic E-state index is -0.727. The molecule has 1 saturated heterocycles. The predicted molar refractivity (Wildman–Crippen MR) is 121 cm³/mol. The Morgan fingerprint density at radius 1 is 1.16 bits per heavy atom. The summed E-state index contributed by atoms with van der Waals surface area (Å²) in [5.41, 5.74) is 1.27. The Morgan fingerprint density at radius 2 is 1.78 bits per heavy atom. The van der Waals surface area contributed by atoms with Crippen LogP contribution >= 0.6 is 0 Å². The van der Waals surface area contributed by atoms with Crippen molar-refractivity contribution in [2.45, 2.75) is 45.8 Å². The molecule has 1 aromatic heterocycles. The fraction of sp³-hybridized carbons (Fsp3) is 0.417. The molecule has 0 atom stereocenters. The molecule has 0 N–H and O–H groups in total. The Balaban J connectivity index is 2.11. The van der Waals surface area contributed by atoms with Crippen molar-refractivity contribution in [3.63, 3.8) is 0 Å². The normalized spacial score (nSPS) is 17.3. The molecule has 2 aromatic rings. The van der Waals surface area contributed by atoms with Crippen LogP contribution in [0.1, 0.15) is 56.3 Å². The standard InChI is InChI=1S/C24H28BNO6/c1-7-29-22(27)21-18(14-20(30-21)17-10-8-16(15-26)9-11-17)19(12-13-28-6)25-31-23(2,3)24(4,5)32-25/h8-12,14H,7,13H2,1-6H3/b19-12-. The number of methoxy groups -OCH3 is 1. The van der Waals surface area contributed by atoms with Gasteiger partial charge in [-0.25, -0.2) is 4.79 Å². The molecular weight excluding hydrogens is 409 g/mol. The molecule has 7 nitrogen and oxygen atoms in total. The first-order valence-corrected chi connectivity index (χ1v) is 10.5. The summed E-state index contributed by atoms with van der Waals surface area (Å²) in [6, 6.07) is 10.8. The monoisotopic (exact) mass is 437 g/mol. The summed E-state index contributed by atoms with van der Waals surface area (Å²) < 4.78 is 28.9. The number of hydrogen-bond acceptors (Lipinski definition) is 7. The van der Waals surface area contributed by atoms with Gasteiger partial charge in [0.05, 0.1) is 36.0 Å². The van der Waals surface area contributed by atoms with Gasteiger partial charge in [-0.1, -0.05) is 6.08 Å². The Labute approximate surface area is 189 Å². The number of rotatable bonds is 7. The smallest absolute Gasteiger partial charge is 0.460 e. The van der Waals surface area contributed by atoms with E-state index < -0.39 is 24.3 Å². The van der Waals surface area contributed by atoms with Gasteiger partial charge in [-0.2, -0.15) is 5.26 Å². The minimum Gasteiger partial charge on any atom is -0.460 e. The molecule has 1 aliphatic heterocycles. The van der Waals surface area contributed by atoms with Gasteiger partial charge in [-0.05, 0) is 70.4 Å². The maximum absolute atomic E-state index is 12.8. The fourth-order valence-corrected chi connectivity index (χ4v) is 3.28. The van der Waals surface area contributed by atoms with Crippen molar-refractivity contribution in [1.82, 2.24) is 0 Å². The van der Waals surface area contributed by atoms with E-state index in [0.717, 1.165) is 5.56 Å². The maximum atomic E-state index is 12.8. The van der Waals surface area contributed by atoms with Crippen molar-refractivity contribution < 1.29 is 28.0 Å². The molecule has 3 rings (SSSR count). The number of furan rings is 1. The maximum Gasteiger partial charge on any atom is 0.495 e. The third-order valence-electron chi connectivity index (χ3n) is 5.78. The van der Waals surface area contributed by atoms with E-state index >= 15 is 0 Å². The number of ether oxygens (including phenoxy) is 2. The second-order valence-corrected chi connectivity index (χ2v) is 8.47. The van der Waals surface area contributed by atoms with E-state index in [-0.39, 0.29) is 12.4 Å². The highest BCUT2D eigenvalue weighted by Gasteiger charge is 2.53. The largest absolute Gasteiger partial charge is 0.495 e. The summed E-state index contributed by atoms with van der Waals surface area (Å²) in [5, 5.41) is 9.06. The van der Waals surface area contributed by atoms with Crippen LogP contribution in [-0.2, 0) is 18.8 Å². The molecule has 0 radical (unpaired) electrons. The van der Waals surface area contributed by atoms with Crippen molar-refractivity contribution in [1.29, 1.82) is 5.26 Å². The van der Waals surface area contributed by atoms with Gasteiger partial charge in [-0.15, -0.1) is 0 Å². The van der Waals surface area contributed by atoms with E-state index in [1.165, 1.54) is 0 Å². The molecule has 1 aliphatic rings. The molecule has 8 heteroatoms. The Morgan fingerprint density at radius 3 is 2.31 bits per heavy atom. The summed E-state index contributed by atoms with van der Waals surface area (Å²) >= 11 is 0. The zero-order chi connectivity index (χ0) is 23.5. The van der Waals surface area contributed by atoms with E-state index in [9.17, 15) is 4.79 Å². The lowest BCUT2D eigenvalue weighted by atomic mass is 9.73. The summed E-state index contributed by atoms with van der Waals surface area (Å²) in [6.45, 7) is 10.1. The highest BCUT2D eigenvalue weighted by molar-refractivity contribution is 6.69. The van der Waals surface area contributed by atoms with Gasteiger partial charge in [0.2, 0.25) is 5.76 Å². The van der Waals surface area contributed by atoms with Crippen molar-refractivity contribution in [2.75, 3.05) is 20.3 Å². The minimum absolute atomic E-state index is 0.0586. The Hall–Kier alpha value is -2.86. The molecule has 0 bridgehead atoms. The first kappa shape index (κ1) is 23.8. The summed E-state index contributed by atoms with van der Waals surface area (Å²) in [5.74, 6) is -0.0575. The van der Waals surface area contributed by atoms with Gasteiger partial charge >= 0.3 is 13.1 Å². The van der Waals surface area contributed by atoms with Crippen molar-refractivity contribution in [3.8, 4) is 17.4 Å². The molecule has 0 saturated carbocycles. The fourth-order valence-electron chi connectivity index (χ4n) is 3.28. The van der Waals surface area contributed by atoms with Crippen molar-refractivity contribution >= 4 is 18.6 Å². The van der Waals surface area contributed by atoms with Crippen molar-refractivity contribution in [3.05, 3.63) is 53.3 Å².